The number of pyridine rings is 1. The summed E-state index contributed by atoms with van der Waals surface area (Å²) in [6.45, 7) is 1.82. The molecule has 0 spiro atoms. The minimum Gasteiger partial charge on any atom is -0.389 e. The first-order chi connectivity index (χ1) is 15.4. The van der Waals surface area contributed by atoms with Gasteiger partial charge in [-0.3, -0.25) is 10.2 Å². The van der Waals surface area contributed by atoms with Gasteiger partial charge in [-0.15, -0.1) is 0 Å². The van der Waals surface area contributed by atoms with Crippen LogP contribution in [0.5, 0.6) is 0 Å². The Labute approximate surface area is 186 Å². The van der Waals surface area contributed by atoms with Crippen molar-refractivity contribution in [1.82, 2.24) is 14.4 Å². The molecule has 0 atom stereocenters. The quantitative estimate of drug-likeness (QED) is 0.197. The summed E-state index contributed by atoms with van der Waals surface area (Å²) in [6, 6.07) is 12.2. The third-order valence-electron chi connectivity index (χ3n) is 4.86. The van der Waals surface area contributed by atoms with Gasteiger partial charge in [-0.25, -0.2) is 0 Å². The smallest absolute Gasteiger partial charge is 0.389 e. The maximum absolute atomic E-state index is 13.2. The van der Waals surface area contributed by atoms with Crippen LogP contribution < -0.4 is 11.2 Å². The van der Waals surface area contributed by atoms with E-state index in [4.69, 9.17) is 17.3 Å². The zero-order valence-corrected chi connectivity index (χ0v) is 17.4. The Morgan fingerprint density at radius 1 is 1.25 bits per heavy atom. The summed E-state index contributed by atoms with van der Waals surface area (Å²) in [5, 5.41) is 15.7. The average Bonchev–Trinajstić information content (AvgIpc) is 3.06. The number of nitrogen functional groups attached to an aromatic ring is 1. The highest BCUT2D eigenvalue weighted by molar-refractivity contribution is 6.30. The number of aromatic nitrogens is 3. The lowest BCUT2D eigenvalue weighted by Gasteiger charge is -2.04. The fourth-order valence-corrected chi connectivity index (χ4v) is 3.44. The van der Waals surface area contributed by atoms with Crippen molar-refractivity contribution >= 4 is 46.4 Å². The first-order valence-electron chi connectivity index (χ1n) is 9.32. The van der Waals surface area contributed by atoms with E-state index < -0.39 is 10.7 Å². The molecular weight excluding hydrogens is 434 g/mol. The molecule has 0 aliphatic carbocycles. The number of nitro groups is 1. The predicted molar refractivity (Wildman–Crippen MR) is 121 cm³/mol. The molecule has 0 saturated carbocycles. The minimum absolute atomic E-state index is 0.00146. The highest BCUT2D eigenvalue weighted by atomic mass is 35.5. The number of nitrogens with two attached hydrogens (primary N) is 1. The Kier molecular flexibility index (Phi) is 5.52. The molecule has 11 heteroatoms. The molecule has 10 nitrogen and oxygen atoms in total. The van der Waals surface area contributed by atoms with E-state index in [0.29, 0.717) is 27.4 Å². The molecule has 0 saturated heterocycles. The molecule has 1 aromatic carbocycles. The molecule has 0 amide bonds. The van der Waals surface area contributed by atoms with Crippen molar-refractivity contribution in [2.75, 3.05) is 11.2 Å². The van der Waals surface area contributed by atoms with Crippen LogP contribution in [0.25, 0.3) is 5.52 Å². The van der Waals surface area contributed by atoms with Crippen LogP contribution in [0.3, 0.4) is 0 Å². The Morgan fingerprint density at radius 3 is 2.72 bits per heavy atom. The van der Waals surface area contributed by atoms with E-state index in [0.717, 1.165) is 11.8 Å². The van der Waals surface area contributed by atoms with E-state index in [9.17, 15) is 14.9 Å². The molecule has 0 unspecified atom stereocenters. The number of carbonyl (C=O) groups is 1. The number of hydrogen-bond acceptors (Lipinski definition) is 8. The van der Waals surface area contributed by atoms with Crippen molar-refractivity contribution in [3.63, 3.8) is 0 Å². The molecule has 3 N–H and O–H groups in total. The molecule has 0 aliphatic rings. The number of hydrogen-bond donors (Lipinski definition) is 2. The number of ketones is 1. The molecule has 32 heavy (non-hydrogen) atoms. The van der Waals surface area contributed by atoms with E-state index in [1.165, 1.54) is 6.21 Å². The molecule has 0 fully saturated rings. The van der Waals surface area contributed by atoms with Crippen LogP contribution in [0.4, 0.5) is 17.3 Å². The van der Waals surface area contributed by atoms with Gasteiger partial charge in [-0.2, -0.15) is 10.1 Å². The normalized spacial score (nSPS) is 11.2. The summed E-state index contributed by atoms with van der Waals surface area (Å²) < 4.78 is 1.79. The van der Waals surface area contributed by atoms with Gasteiger partial charge in [0.2, 0.25) is 12.1 Å². The van der Waals surface area contributed by atoms with Crippen molar-refractivity contribution in [2.24, 2.45) is 5.10 Å². The fraction of sp³-hybridized carbons (Fsp3) is 0.0476. The van der Waals surface area contributed by atoms with Gasteiger partial charge in [0, 0.05) is 22.3 Å². The van der Waals surface area contributed by atoms with Crippen LogP contribution in [0, 0.1) is 17.0 Å². The maximum atomic E-state index is 13.2. The third kappa shape index (κ3) is 3.74. The minimum atomic E-state index is -0.702. The zero-order chi connectivity index (χ0) is 22.8. The Balaban J connectivity index is 1.72. The van der Waals surface area contributed by atoms with Gasteiger partial charge in [0.25, 0.3) is 0 Å². The first-order valence-corrected chi connectivity index (χ1v) is 9.70. The monoisotopic (exact) mass is 449 g/mol. The lowest BCUT2D eigenvalue weighted by molar-refractivity contribution is -0.388. The summed E-state index contributed by atoms with van der Waals surface area (Å²) in [6.07, 6.45) is 4.33. The second-order valence-electron chi connectivity index (χ2n) is 6.77. The van der Waals surface area contributed by atoms with Gasteiger partial charge in [0.05, 0.1) is 17.4 Å². The summed E-state index contributed by atoms with van der Waals surface area (Å²) in [5.74, 6) is -0.677. The number of nitrogens with zero attached hydrogens (tertiary/aromatic N) is 5. The van der Waals surface area contributed by atoms with Crippen LogP contribution in [-0.4, -0.2) is 31.3 Å². The highest BCUT2D eigenvalue weighted by Crippen LogP contribution is 2.26. The number of halogens is 1. The molecular formula is C21H16ClN7O3. The topological polar surface area (TPSA) is 141 Å². The van der Waals surface area contributed by atoms with Crippen LogP contribution in [0.1, 0.15) is 27.2 Å². The number of fused-ring (bicyclic) bond motifs is 1. The third-order valence-corrected chi connectivity index (χ3v) is 5.11. The largest absolute Gasteiger partial charge is 0.392 e. The van der Waals surface area contributed by atoms with Gasteiger partial charge in [0.15, 0.2) is 11.5 Å². The number of rotatable bonds is 6. The van der Waals surface area contributed by atoms with Crippen molar-refractivity contribution in [1.29, 1.82) is 0 Å². The van der Waals surface area contributed by atoms with Crippen molar-refractivity contribution in [3.8, 4) is 0 Å². The zero-order valence-electron chi connectivity index (χ0n) is 16.7. The summed E-state index contributed by atoms with van der Waals surface area (Å²) in [4.78, 5) is 30.9. The molecule has 160 valence electrons. The van der Waals surface area contributed by atoms with E-state index >= 15 is 0 Å². The van der Waals surface area contributed by atoms with Gasteiger partial charge >= 0.3 is 5.82 Å². The van der Waals surface area contributed by atoms with Gasteiger partial charge < -0.3 is 20.2 Å². The van der Waals surface area contributed by atoms with Crippen LogP contribution in [0.2, 0.25) is 5.02 Å². The Hall–Kier alpha value is -4.31. The number of nitrogens with one attached hydrogen (secondary N) is 1. The molecule has 0 aliphatic heterocycles. The Morgan fingerprint density at radius 2 is 2.00 bits per heavy atom. The molecule has 0 bridgehead atoms. The number of anilines is 2. The molecule has 3 aromatic heterocycles. The summed E-state index contributed by atoms with van der Waals surface area (Å²) in [7, 11) is 0. The standard InChI is InChI=1S/C21H16ClN7O3/c1-12-15(10-26-27-20-17(23)21(29(31)32)25-11-24-20)16-4-2-3-9-28(16)18(12)19(30)13-5-7-14(22)8-6-13/h2-11H,23H2,1H3,(H,24,25,27). The van der Waals surface area contributed by atoms with Crippen LogP contribution >= 0.6 is 11.6 Å². The van der Waals surface area contributed by atoms with Gasteiger partial charge in [0.1, 0.15) is 0 Å². The van der Waals surface area contributed by atoms with Gasteiger partial charge in [-0.05, 0) is 58.8 Å². The van der Waals surface area contributed by atoms with Crippen molar-refractivity contribution in [3.05, 3.63) is 92.5 Å². The number of carbonyl (C=O) groups excluding carboxylic acids is 1. The lowest BCUT2D eigenvalue weighted by Crippen LogP contribution is -2.06. The summed E-state index contributed by atoms with van der Waals surface area (Å²) in [5.41, 5.74) is 11.3. The molecule has 0 radical (unpaired) electrons. The van der Waals surface area contributed by atoms with Crippen LogP contribution in [0.15, 0.2) is 60.1 Å². The highest BCUT2D eigenvalue weighted by Gasteiger charge is 2.21. The Bertz CT molecular complexity index is 1380. The van der Waals surface area contributed by atoms with Crippen molar-refractivity contribution in [2.45, 2.75) is 6.92 Å². The maximum Gasteiger partial charge on any atom is 0.392 e. The summed E-state index contributed by atoms with van der Waals surface area (Å²) >= 11 is 5.94. The molecule has 4 rings (SSSR count). The second kappa shape index (κ2) is 8.44. The molecule has 3 heterocycles. The lowest BCUT2D eigenvalue weighted by atomic mass is 10.0. The second-order valence-corrected chi connectivity index (χ2v) is 7.20. The van der Waals surface area contributed by atoms with E-state index in [2.05, 4.69) is 20.5 Å². The first kappa shape index (κ1) is 20.9. The van der Waals surface area contributed by atoms with Gasteiger partial charge in [-0.1, -0.05) is 17.7 Å². The SMILES string of the molecule is Cc1c(C=NNc2ncnc([N+](=O)[O-])c2N)c2ccccn2c1C(=O)c1ccc(Cl)cc1. The van der Waals surface area contributed by atoms with Crippen LogP contribution in [-0.2, 0) is 0 Å². The molecule has 4 aromatic rings. The predicted octanol–water partition coefficient (Wildman–Crippen LogP) is 3.86. The van der Waals surface area contributed by atoms with E-state index in [1.54, 1.807) is 34.9 Å². The van der Waals surface area contributed by atoms with E-state index in [1.807, 2.05) is 25.1 Å². The van der Waals surface area contributed by atoms with Crippen molar-refractivity contribution < 1.29 is 9.72 Å². The fourth-order valence-electron chi connectivity index (χ4n) is 3.32. The number of benzene rings is 1. The average molecular weight is 450 g/mol. The van der Waals surface area contributed by atoms with E-state index in [-0.39, 0.29) is 17.3 Å². The number of hydrazone groups is 1.